The number of hydrogen-bond donors (Lipinski definition) is 0. The molecule has 0 aliphatic heterocycles. The van der Waals surface area contributed by atoms with E-state index in [2.05, 4.69) is 26.1 Å². The monoisotopic (exact) mass is 239 g/mol. The van der Waals surface area contributed by atoms with Crippen molar-refractivity contribution in [3.8, 4) is 0 Å². The number of aldehydes is 1. The Balaban J connectivity index is 2.91. The minimum atomic E-state index is 0.561. The molecule has 2 rings (SSSR count). The molecule has 0 saturated heterocycles. The van der Waals surface area contributed by atoms with Crippen LogP contribution < -0.4 is 0 Å². The van der Waals surface area contributed by atoms with Gasteiger partial charge in [0.25, 0.3) is 0 Å². The quantitative estimate of drug-likeness (QED) is 0.710. The van der Waals surface area contributed by atoms with Crippen molar-refractivity contribution in [3.63, 3.8) is 0 Å². The predicted molar refractivity (Wildman–Crippen MR) is 51.6 cm³/mol. The zero-order chi connectivity index (χ0) is 9.42. The third-order valence-corrected chi connectivity index (χ3v) is 2.39. The molecule has 0 radical (unpaired) electrons. The van der Waals surface area contributed by atoms with Crippen molar-refractivity contribution in [2.75, 3.05) is 0 Å². The van der Waals surface area contributed by atoms with E-state index in [4.69, 9.17) is 0 Å². The molecule has 0 saturated carbocycles. The van der Waals surface area contributed by atoms with Gasteiger partial charge in [0.1, 0.15) is 11.0 Å². The second-order valence-electron chi connectivity index (χ2n) is 2.64. The summed E-state index contributed by atoms with van der Waals surface area (Å²) in [5.74, 6) is 0. The molecular formula is C8H6BrN3O. The highest BCUT2D eigenvalue weighted by molar-refractivity contribution is 9.10. The fourth-order valence-electron chi connectivity index (χ4n) is 1.18. The van der Waals surface area contributed by atoms with Crippen LogP contribution >= 0.6 is 15.9 Å². The van der Waals surface area contributed by atoms with Gasteiger partial charge in [-0.15, -0.1) is 0 Å². The van der Waals surface area contributed by atoms with Crippen molar-refractivity contribution in [2.24, 2.45) is 7.05 Å². The molecule has 5 heteroatoms. The van der Waals surface area contributed by atoms with Crippen LogP contribution in [0.3, 0.4) is 0 Å². The van der Waals surface area contributed by atoms with Crippen molar-refractivity contribution in [1.82, 2.24) is 15.0 Å². The normalized spacial score (nSPS) is 10.6. The summed E-state index contributed by atoms with van der Waals surface area (Å²) in [6.45, 7) is 0. The van der Waals surface area contributed by atoms with E-state index < -0.39 is 0 Å². The summed E-state index contributed by atoms with van der Waals surface area (Å²) in [5.41, 5.74) is 1.91. The number of aryl methyl sites for hydroxylation is 1. The Morgan fingerprint density at radius 2 is 2.08 bits per heavy atom. The van der Waals surface area contributed by atoms with Gasteiger partial charge in [-0.2, -0.15) is 15.0 Å². The molecule has 4 nitrogen and oxygen atoms in total. The Labute approximate surface area is 82.7 Å². The van der Waals surface area contributed by atoms with Gasteiger partial charge in [0, 0.05) is 17.1 Å². The number of aromatic nitrogens is 3. The maximum Gasteiger partial charge on any atom is 0.152 e. The molecule has 1 aromatic carbocycles. The van der Waals surface area contributed by atoms with Crippen LogP contribution in [0.5, 0.6) is 0 Å². The number of carbonyl (C=O) groups excluding carboxylic acids is 1. The molecule has 0 bridgehead atoms. The van der Waals surface area contributed by atoms with Crippen molar-refractivity contribution >= 4 is 33.2 Å². The number of benzene rings is 1. The molecule has 1 heterocycles. The molecule has 0 aliphatic rings. The lowest BCUT2D eigenvalue weighted by Gasteiger charge is -1.92. The topological polar surface area (TPSA) is 47.8 Å². The lowest BCUT2D eigenvalue weighted by molar-refractivity contribution is 0.112. The fourth-order valence-corrected chi connectivity index (χ4v) is 1.58. The van der Waals surface area contributed by atoms with Crippen LogP contribution in [0.2, 0.25) is 0 Å². The van der Waals surface area contributed by atoms with Crippen LogP contribution in [0.4, 0.5) is 0 Å². The molecule has 0 N–H and O–H groups in total. The predicted octanol–water partition coefficient (Wildman–Crippen LogP) is 1.54. The van der Waals surface area contributed by atoms with Crippen molar-refractivity contribution in [1.29, 1.82) is 0 Å². The maximum atomic E-state index is 10.6. The van der Waals surface area contributed by atoms with Crippen LogP contribution in [0.1, 0.15) is 10.4 Å². The van der Waals surface area contributed by atoms with Crippen molar-refractivity contribution in [3.05, 3.63) is 22.2 Å². The van der Waals surface area contributed by atoms with Crippen LogP contribution in [0.15, 0.2) is 16.6 Å². The molecule has 2 aromatic rings. The first kappa shape index (κ1) is 8.37. The molecule has 0 fully saturated rings. The lowest BCUT2D eigenvalue weighted by atomic mass is 10.2. The van der Waals surface area contributed by atoms with Gasteiger partial charge >= 0.3 is 0 Å². The zero-order valence-corrected chi connectivity index (χ0v) is 8.45. The number of halogens is 1. The summed E-state index contributed by atoms with van der Waals surface area (Å²) in [5, 5.41) is 8.21. The Kier molecular flexibility index (Phi) is 1.88. The molecule has 0 spiro atoms. The maximum absolute atomic E-state index is 10.6. The first-order valence-electron chi connectivity index (χ1n) is 3.67. The fraction of sp³-hybridized carbons (Fsp3) is 0.125. The van der Waals surface area contributed by atoms with E-state index >= 15 is 0 Å². The standard InChI is InChI=1S/C8H6BrN3O/c1-12-10-7-5(4-13)2-3-6(9)8(7)11-12/h2-4H,1H3. The van der Waals surface area contributed by atoms with Gasteiger partial charge in [-0.1, -0.05) is 0 Å². The summed E-state index contributed by atoms with van der Waals surface area (Å²) in [6.07, 6.45) is 0.781. The first-order valence-corrected chi connectivity index (χ1v) is 4.46. The van der Waals surface area contributed by atoms with E-state index in [9.17, 15) is 4.79 Å². The van der Waals surface area contributed by atoms with Crippen LogP contribution in [-0.4, -0.2) is 21.3 Å². The summed E-state index contributed by atoms with van der Waals surface area (Å²) >= 11 is 3.34. The molecule has 0 atom stereocenters. The van der Waals surface area contributed by atoms with Gasteiger partial charge in [-0.25, -0.2) is 0 Å². The highest BCUT2D eigenvalue weighted by atomic mass is 79.9. The summed E-state index contributed by atoms with van der Waals surface area (Å²) in [7, 11) is 1.72. The van der Waals surface area contributed by atoms with Gasteiger partial charge in [0.2, 0.25) is 0 Å². The Hall–Kier alpha value is -1.23. The highest BCUT2D eigenvalue weighted by Gasteiger charge is 2.08. The number of nitrogens with zero attached hydrogens (tertiary/aromatic N) is 3. The average Bonchev–Trinajstić information content (AvgIpc) is 2.48. The van der Waals surface area contributed by atoms with Crippen LogP contribution in [-0.2, 0) is 7.05 Å². The number of carbonyl (C=O) groups is 1. The molecule has 13 heavy (non-hydrogen) atoms. The SMILES string of the molecule is Cn1nc2c(Br)ccc(C=O)c2n1. The molecule has 0 aliphatic carbocycles. The Bertz CT molecular complexity index is 477. The second kappa shape index (κ2) is 2.92. The Morgan fingerprint density at radius 3 is 2.77 bits per heavy atom. The number of rotatable bonds is 1. The summed E-state index contributed by atoms with van der Waals surface area (Å²) in [6, 6.07) is 3.51. The smallest absolute Gasteiger partial charge is 0.152 e. The second-order valence-corrected chi connectivity index (χ2v) is 3.50. The van der Waals surface area contributed by atoms with E-state index in [1.165, 1.54) is 4.80 Å². The third kappa shape index (κ3) is 1.25. The van der Waals surface area contributed by atoms with E-state index in [0.717, 1.165) is 10.8 Å². The molecular weight excluding hydrogens is 234 g/mol. The highest BCUT2D eigenvalue weighted by Crippen LogP contribution is 2.22. The summed E-state index contributed by atoms with van der Waals surface area (Å²) < 4.78 is 0.848. The van der Waals surface area contributed by atoms with Crippen molar-refractivity contribution in [2.45, 2.75) is 0 Å². The van der Waals surface area contributed by atoms with Crippen LogP contribution in [0, 0.1) is 0 Å². The molecule has 66 valence electrons. The zero-order valence-electron chi connectivity index (χ0n) is 6.86. The van der Waals surface area contributed by atoms with E-state index in [-0.39, 0.29) is 0 Å². The van der Waals surface area contributed by atoms with E-state index in [0.29, 0.717) is 16.6 Å². The van der Waals surface area contributed by atoms with Gasteiger partial charge in [0.05, 0.1) is 0 Å². The number of hydrogen-bond acceptors (Lipinski definition) is 3. The summed E-state index contributed by atoms with van der Waals surface area (Å²) in [4.78, 5) is 12.1. The minimum absolute atomic E-state index is 0.561. The number of fused-ring (bicyclic) bond motifs is 1. The molecule has 0 amide bonds. The lowest BCUT2D eigenvalue weighted by Crippen LogP contribution is -1.91. The van der Waals surface area contributed by atoms with Gasteiger partial charge < -0.3 is 0 Å². The van der Waals surface area contributed by atoms with Gasteiger partial charge in [0.15, 0.2) is 6.29 Å². The molecule has 1 aromatic heterocycles. The van der Waals surface area contributed by atoms with E-state index in [1.54, 1.807) is 19.2 Å². The minimum Gasteiger partial charge on any atom is -0.298 e. The van der Waals surface area contributed by atoms with E-state index in [1.807, 2.05) is 0 Å². The third-order valence-electron chi connectivity index (χ3n) is 1.75. The van der Waals surface area contributed by atoms with Crippen LogP contribution in [0.25, 0.3) is 11.0 Å². The Morgan fingerprint density at radius 1 is 1.38 bits per heavy atom. The molecule has 0 unspecified atom stereocenters. The average molecular weight is 240 g/mol. The largest absolute Gasteiger partial charge is 0.298 e. The van der Waals surface area contributed by atoms with Gasteiger partial charge in [-0.3, -0.25) is 4.79 Å². The first-order chi connectivity index (χ1) is 6.22. The van der Waals surface area contributed by atoms with Gasteiger partial charge in [-0.05, 0) is 28.1 Å². The van der Waals surface area contributed by atoms with Crippen molar-refractivity contribution < 1.29 is 4.79 Å².